The zero-order valence-corrected chi connectivity index (χ0v) is 20.4. The first-order valence-corrected chi connectivity index (χ1v) is 13.0. The number of anilines is 2. The monoisotopic (exact) mass is 487 g/mol. The predicted molar refractivity (Wildman–Crippen MR) is 123 cm³/mol. The molecule has 0 aliphatic carbocycles. The molecule has 0 radical (unpaired) electrons. The molecule has 5 atom stereocenters. The molecule has 12 nitrogen and oxygen atoms in total. The van der Waals surface area contributed by atoms with E-state index in [4.69, 9.17) is 31.5 Å². The fourth-order valence-corrected chi connectivity index (χ4v) is 5.21. The van der Waals surface area contributed by atoms with Gasteiger partial charge in [0.2, 0.25) is 5.95 Å². The molecule has 0 spiro atoms. The quantitative estimate of drug-likeness (QED) is 0.299. The smallest absolute Gasteiger partial charge is 0.323 e. The van der Waals surface area contributed by atoms with E-state index in [9.17, 15) is 9.69 Å². The van der Waals surface area contributed by atoms with E-state index in [1.165, 1.54) is 0 Å². The van der Waals surface area contributed by atoms with Crippen molar-refractivity contribution in [2.45, 2.75) is 58.6 Å². The Hall–Kier alpha value is -1.89. The molecular weight excluding hydrogens is 457 g/mol. The molecule has 0 saturated carbocycles. The number of nitrogens with one attached hydrogen (secondary N) is 2. The second-order valence-corrected chi connectivity index (χ2v) is 11.1. The molecule has 0 amide bonds. The molecular formula is C18H30N7O5PS. The fraction of sp³-hybridized carbons (Fsp3) is 0.667. The largest absolute Gasteiger partial charge is 0.462 e. The maximum absolute atomic E-state index is 11.9. The second kappa shape index (κ2) is 9.94. The van der Waals surface area contributed by atoms with Crippen molar-refractivity contribution in [1.82, 2.24) is 24.6 Å². The number of carbonyl (C=O) groups is 1. The van der Waals surface area contributed by atoms with Crippen molar-refractivity contribution in [1.29, 1.82) is 0 Å². The van der Waals surface area contributed by atoms with Crippen molar-refractivity contribution in [2.24, 2.45) is 5.92 Å². The lowest BCUT2D eigenvalue weighted by Crippen LogP contribution is -2.35. The Morgan fingerprint density at radius 3 is 2.84 bits per heavy atom. The van der Waals surface area contributed by atoms with Gasteiger partial charge in [-0.2, -0.15) is 9.97 Å². The van der Waals surface area contributed by atoms with Crippen molar-refractivity contribution in [3.05, 3.63) is 6.33 Å². The zero-order valence-electron chi connectivity index (χ0n) is 18.7. The summed E-state index contributed by atoms with van der Waals surface area (Å²) in [6.07, 6.45) is 1.38. The third kappa shape index (κ3) is 5.72. The van der Waals surface area contributed by atoms with Crippen molar-refractivity contribution in [3.8, 4) is 0 Å². The number of rotatable bonds is 9. The number of hydrogen-bond donors (Lipinski definition) is 4. The molecule has 1 fully saturated rings. The molecule has 5 N–H and O–H groups in total. The highest BCUT2D eigenvalue weighted by molar-refractivity contribution is 8.08. The van der Waals surface area contributed by atoms with Crippen LogP contribution in [0, 0.1) is 5.92 Å². The number of esters is 1. The summed E-state index contributed by atoms with van der Waals surface area (Å²) in [6, 6.07) is -0.798. The average molecular weight is 488 g/mol. The summed E-state index contributed by atoms with van der Waals surface area (Å²) in [4.78, 5) is 35.3. The molecule has 0 bridgehead atoms. The van der Waals surface area contributed by atoms with Gasteiger partial charge in [0.15, 0.2) is 17.0 Å². The standard InChI is InChI=1S/C18H30N7O5PS/c1-9(2)29-17(26)11(4)24-31(27,32)28-7-12-6-10(3)16(30-12)25-8-21-13-14(20-5)22-18(19)23-15(13)25/h8-12,16H,6-7H2,1-5H3,(H2,24,27,32)(H3,19,20,22,23)/t10-,11-,12-,16+,31?/m0/s1. The summed E-state index contributed by atoms with van der Waals surface area (Å²) in [5.41, 5.74) is 6.99. The Morgan fingerprint density at radius 1 is 1.47 bits per heavy atom. The Balaban J connectivity index is 1.63. The van der Waals surface area contributed by atoms with Gasteiger partial charge in [-0.05, 0) is 39.0 Å². The van der Waals surface area contributed by atoms with E-state index in [1.807, 2.05) is 11.5 Å². The molecule has 2 aromatic rings. The van der Waals surface area contributed by atoms with Crippen LogP contribution in [0.15, 0.2) is 6.33 Å². The van der Waals surface area contributed by atoms with Gasteiger partial charge >= 0.3 is 5.97 Å². The van der Waals surface area contributed by atoms with Gasteiger partial charge in [-0.25, -0.2) is 10.1 Å². The van der Waals surface area contributed by atoms with Crippen molar-refractivity contribution >= 4 is 47.3 Å². The maximum Gasteiger partial charge on any atom is 0.323 e. The van der Waals surface area contributed by atoms with Crippen LogP contribution in [-0.4, -0.2) is 62.3 Å². The van der Waals surface area contributed by atoms with E-state index in [0.29, 0.717) is 23.4 Å². The first kappa shape index (κ1) is 24.7. The minimum Gasteiger partial charge on any atom is -0.462 e. The highest BCUT2D eigenvalue weighted by Crippen LogP contribution is 2.41. The summed E-state index contributed by atoms with van der Waals surface area (Å²) < 4.78 is 18.6. The molecule has 0 aromatic carbocycles. The molecule has 2 aromatic heterocycles. The lowest BCUT2D eigenvalue weighted by atomic mass is 10.1. The van der Waals surface area contributed by atoms with Crippen LogP contribution >= 0.6 is 6.64 Å². The van der Waals surface area contributed by atoms with Crippen LogP contribution in [0.1, 0.15) is 40.3 Å². The topological polar surface area (TPSA) is 159 Å². The number of nitrogen functional groups attached to an aromatic ring is 1. The highest BCUT2D eigenvalue weighted by atomic mass is 32.5. The molecule has 3 rings (SSSR count). The van der Waals surface area contributed by atoms with Gasteiger partial charge in [-0.15, -0.1) is 0 Å². The molecule has 14 heteroatoms. The first-order chi connectivity index (χ1) is 15.0. The predicted octanol–water partition coefficient (Wildman–Crippen LogP) is 1.54. The van der Waals surface area contributed by atoms with E-state index in [0.717, 1.165) is 0 Å². The van der Waals surface area contributed by atoms with Gasteiger partial charge in [0.1, 0.15) is 12.3 Å². The number of carbonyl (C=O) groups excluding carboxylic acids is 1. The molecule has 3 heterocycles. The summed E-state index contributed by atoms with van der Waals surface area (Å²) in [7, 11) is 1.73. The Labute approximate surface area is 191 Å². The summed E-state index contributed by atoms with van der Waals surface area (Å²) in [5.74, 6) is 0.270. The number of ether oxygens (including phenoxy) is 2. The van der Waals surface area contributed by atoms with E-state index >= 15 is 0 Å². The number of nitrogens with two attached hydrogens (primary N) is 1. The molecule has 178 valence electrons. The molecule has 1 saturated heterocycles. The normalized spacial score (nSPS) is 23.9. The zero-order chi connectivity index (χ0) is 23.6. The van der Waals surface area contributed by atoms with Crippen molar-refractivity contribution in [2.75, 3.05) is 24.7 Å². The van der Waals surface area contributed by atoms with Gasteiger partial charge in [-0.1, -0.05) is 6.92 Å². The number of aromatic nitrogens is 4. The van der Waals surface area contributed by atoms with Gasteiger partial charge < -0.3 is 29.9 Å². The first-order valence-electron chi connectivity index (χ1n) is 10.3. The SMILES string of the molecule is CNc1nc(N)nc2c1ncn2[C@@H]1O[C@H](COP(O)(=S)N[C@@H](C)C(=O)OC(C)C)C[C@@H]1C. The number of imidazole rings is 1. The Bertz CT molecular complexity index is 1020. The molecule has 1 aliphatic rings. The van der Waals surface area contributed by atoms with Gasteiger partial charge in [0, 0.05) is 13.0 Å². The average Bonchev–Trinajstić information content (AvgIpc) is 3.27. The summed E-state index contributed by atoms with van der Waals surface area (Å²) in [5, 5.41) is 5.62. The van der Waals surface area contributed by atoms with Crippen LogP contribution in [0.4, 0.5) is 11.8 Å². The number of hydrogen-bond acceptors (Lipinski definition) is 10. The summed E-state index contributed by atoms with van der Waals surface area (Å²) >= 11 is 5.15. The van der Waals surface area contributed by atoms with E-state index in [1.54, 1.807) is 34.1 Å². The summed E-state index contributed by atoms with van der Waals surface area (Å²) in [6.45, 7) is 3.74. The van der Waals surface area contributed by atoms with E-state index < -0.39 is 18.7 Å². The third-order valence-corrected chi connectivity index (χ3v) is 6.75. The lowest BCUT2D eigenvalue weighted by molar-refractivity contribution is -0.149. The fourth-order valence-electron chi connectivity index (χ4n) is 3.51. The Morgan fingerprint density at radius 2 is 2.19 bits per heavy atom. The van der Waals surface area contributed by atoms with Crippen molar-refractivity contribution in [3.63, 3.8) is 0 Å². The van der Waals surface area contributed by atoms with E-state index in [2.05, 4.69) is 25.4 Å². The van der Waals surface area contributed by atoms with Crippen LogP contribution in [0.25, 0.3) is 11.2 Å². The van der Waals surface area contributed by atoms with Crippen molar-refractivity contribution < 1.29 is 23.7 Å². The maximum atomic E-state index is 11.9. The highest BCUT2D eigenvalue weighted by Gasteiger charge is 2.36. The van der Waals surface area contributed by atoms with Crippen LogP contribution < -0.4 is 16.1 Å². The van der Waals surface area contributed by atoms with E-state index in [-0.39, 0.29) is 36.9 Å². The van der Waals surface area contributed by atoms with Crippen LogP contribution in [0.2, 0.25) is 0 Å². The second-order valence-electron chi connectivity index (χ2n) is 8.02. The van der Waals surface area contributed by atoms with Crippen LogP contribution in [-0.2, 0) is 30.6 Å². The molecule has 1 aliphatic heterocycles. The number of nitrogens with zero attached hydrogens (tertiary/aromatic N) is 4. The molecule has 1 unspecified atom stereocenters. The van der Waals surface area contributed by atoms with Gasteiger partial charge in [0.05, 0.1) is 25.1 Å². The minimum atomic E-state index is -3.42. The molecule has 32 heavy (non-hydrogen) atoms. The number of fused-ring (bicyclic) bond motifs is 1. The van der Waals surface area contributed by atoms with Gasteiger partial charge in [0.25, 0.3) is 6.64 Å². The lowest BCUT2D eigenvalue weighted by Gasteiger charge is -2.23. The Kier molecular flexibility index (Phi) is 7.69. The van der Waals surface area contributed by atoms with Crippen LogP contribution in [0.5, 0.6) is 0 Å². The van der Waals surface area contributed by atoms with Gasteiger partial charge in [-0.3, -0.25) is 9.36 Å². The van der Waals surface area contributed by atoms with Crippen LogP contribution in [0.3, 0.4) is 0 Å². The minimum absolute atomic E-state index is 0.0685. The third-order valence-electron chi connectivity index (χ3n) is 4.90.